The number of hydrogen-bond donors (Lipinski definition) is 2. The third-order valence-electron chi connectivity index (χ3n) is 1.99. The van der Waals surface area contributed by atoms with Gasteiger partial charge in [0.2, 0.25) is 5.91 Å². The molecule has 1 aromatic carbocycles. The standard InChI is InChI=1S/C11H11NO4/c12-10(14)6-9(13)8-4-2-1-3-7(8)5-11(15)16/h1-4H,5-6H2,(H2,12,14)(H,15,16). The summed E-state index contributed by atoms with van der Waals surface area (Å²) >= 11 is 0. The third-order valence-corrected chi connectivity index (χ3v) is 1.99. The maximum Gasteiger partial charge on any atom is 0.307 e. The lowest BCUT2D eigenvalue weighted by molar-refractivity contribution is -0.136. The molecule has 0 fully saturated rings. The molecule has 1 aromatic rings. The van der Waals surface area contributed by atoms with E-state index < -0.39 is 24.1 Å². The van der Waals surface area contributed by atoms with Crippen molar-refractivity contribution in [3.63, 3.8) is 0 Å². The van der Waals surface area contributed by atoms with Crippen molar-refractivity contribution in [2.75, 3.05) is 0 Å². The summed E-state index contributed by atoms with van der Waals surface area (Å²) in [7, 11) is 0. The van der Waals surface area contributed by atoms with E-state index in [2.05, 4.69) is 0 Å². The lowest BCUT2D eigenvalue weighted by atomic mass is 9.99. The van der Waals surface area contributed by atoms with Gasteiger partial charge in [0.1, 0.15) is 0 Å². The normalized spacial score (nSPS) is 9.75. The van der Waals surface area contributed by atoms with Crippen molar-refractivity contribution >= 4 is 17.7 Å². The fraction of sp³-hybridized carbons (Fsp3) is 0.182. The summed E-state index contributed by atoms with van der Waals surface area (Å²) in [5.74, 6) is -2.21. The number of amides is 1. The summed E-state index contributed by atoms with van der Waals surface area (Å²) in [6.45, 7) is 0. The number of carbonyl (C=O) groups excluding carboxylic acids is 2. The molecule has 0 aromatic heterocycles. The summed E-state index contributed by atoms with van der Waals surface area (Å²) in [5.41, 5.74) is 5.54. The number of Topliss-reactive ketones (excluding diaryl/α,β-unsaturated/α-hetero) is 1. The summed E-state index contributed by atoms with van der Waals surface area (Å²) in [4.78, 5) is 32.7. The van der Waals surface area contributed by atoms with Gasteiger partial charge in [-0.2, -0.15) is 0 Å². The molecule has 5 heteroatoms. The van der Waals surface area contributed by atoms with E-state index in [1.165, 1.54) is 6.07 Å². The van der Waals surface area contributed by atoms with Crippen LogP contribution in [0.3, 0.4) is 0 Å². The van der Waals surface area contributed by atoms with Gasteiger partial charge in [0, 0.05) is 5.56 Å². The highest BCUT2D eigenvalue weighted by molar-refractivity contribution is 6.08. The van der Waals surface area contributed by atoms with Gasteiger partial charge in [0.25, 0.3) is 0 Å². The molecule has 0 unspecified atom stereocenters. The summed E-state index contributed by atoms with van der Waals surface area (Å²) in [5, 5.41) is 8.65. The average molecular weight is 221 g/mol. The van der Waals surface area contributed by atoms with Crippen LogP contribution in [0.1, 0.15) is 22.3 Å². The summed E-state index contributed by atoms with van der Waals surface area (Å²) < 4.78 is 0. The number of aliphatic carboxylic acids is 1. The van der Waals surface area contributed by atoms with Gasteiger partial charge in [-0.15, -0.1) is 0 Å². The number of hydrogen-bond acceptors (Lipinski definition) is 3. The fourth-order valence-corrected chi connectivity index (χ4v) is 1.36. The van der Waals surface area contributed by atoms with E-state index in [0.29, 0.717) is 5.56 Å². The first kappa shape index (κ1) is 11.9. The molecule has 3 N–H and O–H groups in total. The summed E-state index contributed by atoms with van der Waals surface area (Å²) in [6.07, 6.45) is -0.655. The highest BCUT2D eigenvalue weighted by atomic mass is 16.4. The zero-order chi connectivity index (χ0) is 12.1. The van der Waals surface area contributed by atoms with E-state index in [4.69, 9.17) is 10.8 Å². The van der Waals surface area contributed by atoms with Crippen LogP contribution in [-0.2, 0) is 16.0 Å². The Morgan fingerprint density at radius 2 is 1.81 bits per heavy atom. The molecule has 16 heavy (non-hydrogen) atoms. The van der Waals surface area contributed by atoms with Crippen molar-refractivity contribution in [2.45, 2.75) is 12.8 Å². The molecule has 0 spiro atoms. The first-order chi connectivity index (χ1) is 7.50. The van der Waals surface area contributed by atoms with Crippen LogP contribution < -0.4 is 5.73 Å². The molecule has 0 saturated heterocycles. The van der Waals surface area contributed by atoms with E-state index in [0.717, 1.165) is 0 Å². The molecular formula is C11H11NO4. The second kappa shape index (κ2) is 5.06. The number of rotatable bonds is 5. The Hall–Kier alpha value is -2.17. The number of primary amides is 1. The van der Waals surface area contributed by atoms with Crippen LogP contribution in [0.25, 0.3) is 0 Å². The predicted molar refractivity (Wildman–Crippen MR) is 55.9 cm³/mol. The molecule has 5 nitrogen and oxygen atoms in total. The van der Waals surface area contributed by atoms with Gasteiger partial charge in [-0.05, 0) is 5.56 Å². The molecule has 1 rings (SSSR count). The van der Waals surface area contributed by atoms with E-state index in [1.807, 2.05) is 0 Å². The quantitative estimate of drug-likeness (QED) is 0.554. The molecule has 1 amide bonds. The molecule has 0 saturated carbocycles. The maximum atomic E-state index is 11.6. The van der Waals surface area contributed by atoms with Gasteiger partial charge < -0.3 is 10.8 Å². The lowest BCUT2D eigenvalue weighted by Crippen LogP contribution is -2.17. The van der Waals surface area contributed by atoms with E-state index in [9.17, 15) is 14.4 Å². The Morgan fingerprint density at radius 1 is 1.19 bits per heavy atom. The fourth-order valence-electron chi connectivity index (χ4n) is 1.36. The van der Waals surface area contributed by atoms with E-state index in [-0.39, 0.29) is 12.0 Å². The Bertz CT molecular complexity index is 439. The molecule has 84 valence electrons. The van der Waals surface area contributed by atoms with Crippen molar-refractivity contribution in [2.24, 2.45) is 5.73 Å². The van der Waals surface area contributed by atoms with Crippen molar-refractivity contribution in [3.05, 3.63) is 35.4 Å². The average Bonchev–Trinajstić information content (AvgIpc) is 2.16. The Balaban J connectivity index is 2.98. The van der Waals surface area contributed by atoms with Crippen LogP contribution in [0, 0.1) is 0 Å². The monoisotopic (exact) mass is 221 g/mol. The highest BCUT2D eigenvalue weighted by Gasteiger charge is 2.14. The third kappa shape index (κ3) is 3.20. The molecule has 0 aliphatic carbocycles. The Labute approximate surface area is 91.9 Å². The van der Waals surface area contributed by atoms with Crippen LogP contribution in [0.4, 0.5) is 0 Å². The van der Waals surface area contributed by atoms with Gasteiger partial charge in [0.15, 0.2) is 5.78 Å². The van der Waals surface area contributed by atoms with Gasteiger partial charge in [-0.3, -0.25) is 14.4 Å². The Kier molecular flexibility index (Phi) is 3.77. The van der Waals surface area contributed by atoms with Crippen LogP contribution in [0.5, 0.6) is 0 Å². The van der Waals surface area contributed by atoms with Crippen LogP contribution in [-0.4, -0.2) is 22.8 Å². The lowest BCUT2D eigenvalue weighted by Gasteiger charge is -2.05. The van der Waals surface area contributed by atoms with Crippen molar-refractivity contribution < 1.29 is 19.5 Å². The van der Waals surface area contributed by atoms with Gasteiger partial charge in [-0.25, -0.2) is 0 Å². The molecule has 0 radical (unpaired) electrons. The minimum absolute atomic E-state index is 0.240. The zero-order valence-corrected chi connectivity index (χ0v) is 8.47. The number of carboxylic acid groups (broad SMARTS) is 1. The smallest absolute Gasteiger partial charge is 0.307 e. The van der Waals surface area contributed by atoms with Crippen LogP contribution >= 0.6 is 0 Å². The van der Waals surface area contributed by atoms with Gasteiger partial charge in [-0.1, -0.05) is 24.3 Å². The van der Waals surface area contributed by atoms with Gasteiger partial charge >= 0.3 is 5.97 Å². The topological polar surface area (TPSA) is 97.5 Å². The molecule has 0 heterocycles. The van der Waals surface area contributed by atoms with Gasteiger partial charge in [0.05, 0.1) is 12.8 Å². The highest BCUT2D eigenvalue weighted by Crippen LogP contribution is 2.12. The Morgan fingerprint density at radius 3 is 2.38 bits per heavy atom. The second-order valence-electron chi connectivity index (χ2n) is 3.29. The minimum Gasteiger partial charge on any atom is -0.481 e. The molecular weight excluding hydrogens is 210 g/mol. The van der Waals surface area contributed by atoms with Crippen LogP contribution in [0.2, 0.25) is 0 Å². The number of nitrogens with two attached hydrogens (primary N) is 1. The zero-order valence-electron chi connectivity index (χ0n) is 8.47. The van der Waals surface area contributed by atoms with E-state index >= 15 is 0 Å². The molecule has 0 aliphatic rings. The largest absolute Gasteiger partial charge is 0.481 e. The number of carboxylic acids is 1. The van der Waals surface area contributed by atoms with Crippen LogP contribution in [0.15, 0.2) is 24.3 Å². The first-order valence-electron chi connectivity index (χ1n) is 4.62. The van der Waals surface area contributed by atoms with Crippen molar-refractivity contribution in [3.8, 4) is 0 Å². The number of ketones is 1. The van der Waals surface area contributed by atoms with E-state index in [1.54, 1.807) is 18.2 Å². The predicted octanol–water partition coefficient (Wildman–Crippen LogP) is 0.372. The number of carbonyl (C=O) groups is 3. The molecule has 0 aliphatic heterocycles. The summed E-state index contributed by atoms with van der Waals surface area (Å²) in [6, 6.07) is 6.28. The maximum absolute atomic E-state index is 11.6. The SMILES string of the molecule is NC(=O)CC(=O)c1ccccc1CC(=O)O. The second-order valence-corrected chi connectivity index (χ2v) is 3.29. The van der Waals surface area contributed by atoms with Crippen molar-refractivity contribution in [1.29, 1.82) is 0 Å². The number of benzene rings is 1. The van der Waals surface area contributed by atoms with Crippen molar-refractivity contribution in [1.82, 2.24) is 0 Å². The molecule has 0 atom stereocenters. The minimum atomic E-state index is -1.03. The first-order valence-corrected chi connectivity index (χ1v) is 4.62. The molecule has 0 bridgehead atoms.